The van der Waals surface area contributed by atoms with Crippen molar-refractivity contribution in [2.45, 2.75) is 26.8 Å². The van der Waals surface area contributed by atoms with E-state index in [9.17, 15) is 4.79 Å². The number of carbonyl (C=O) groups is 1. The van der Waals surface area contributed by atoms with E-state index in [-0.39, 0.29) is 5.91 Å². The third-order valence-corrected chi connectivity index (χ3v) is 3.93. The van der Waals surface area contributed by atoms with Crippen molar-refractivity contribution < 1.29 is 9.53 Å². The number of ether oxygens (including phenoxy) is 1. The van der Waals surface area contributed by atoms with Crippen molar-refractivity contribution in [1.82, 2.24) is 20.1 Å². The molecule has 3 aromatic rings. The first-order valence-electron chi connectivity index (χ1n) is 8.26. The highest BCUT2D eigenvalue weighted by Crippen LogP contribution is 2.18. The van der Waals surface area contributed by atoms with Crippen LogP contribution in [0, 0.1) is 0 Å². The third-order valence-electron chi connectivity index (χ3n) is 3.93. The van der Waals surface area contributed by atoms with E-state index < -0.39 is 0 Å². The summed E-state index contributed by atoms with van der Waals surface area (Å²) in [7, 11) is 0. The van der Waals surface area contributed by atoms with Crippen LogP contribution in [0.5, 0.6) is 5.88 Å². The van der Waals surface area contributed by atoms with Gasteiger partial charge in [0.15, 0.2) is 0 Å². The number of nitrogens with zero attached hydrogens (tertiary/aromatic N) is 2. The number of hydrogen-bond acceptors (Lipinski definition) is 3. The molecule has 0 fully saturated rings. The van der Waals surface area contributed by atoms with Crippen LogP contribution in [-0.4, -0.2) is 33.8 Å². The molecule has 0 aliphatic heterocycles. The van der Waals surface area contributed by atoms with Crippen molar-refractivity contribution >= 4 is 16.8 Å². The van der Waals surface area contributed by atoms with Crippen LogP contribution in [0.2, 0.25) is 0 Å². The fourth-order valence-electron chi connectivity index (χ4n) is 2.71. The van der Waals surface area contributed by atoms with E-state index in [1.54, 1.807) is 10.9 Å². The Morgan fingerprint density at radius 3 is 2.96 bits per heavy atom. The van der Waals surface area contributed by atoms with Gasteiger partial charge in [0, 0.05) is 36.4 Å². The zero-order chi connectivity index (χ0) is 16.9. The maximum absolute atomic E-state index is 12.4. The highest BCUT2D eigenvalue weighted by atomic mass is 16.5. The predicted octanol–water partition coefficient (Wildman–Crippen LogP) is 2.76. The summed E-state index contributed by atoms with van der Waals surface area (Å²) in [6.07, 6.45) is 4.49. The van der Waals surface area contributed by atoms with Crippen LogP contribution in [0.1, 0.15) is 29.8 Å². The maximum Gasteiger partial charge on any atom is 0.258 e. The van der Waals surface area contributed by atoms with Gasteiger partial charge in [-0.3, -0.25) is 9.48 Å². The van der Waals surface area contributed by atoms with Gasteiger partial charge in [0.2, 0.25) is 5.88 Å². The Labute approximate surface area is 140 Å². The van der Waals surface area contributed by atoms with Crippen molar-refractivity contribution in [2.24, 2.45) is 0 Å². The summed E-state index contributed by atoms with van der Waals surface area (Å²) in [5.41, 5.74) is 2.79. The summed E-state index contributed by atoms with van der Waals surface area (Å²) in [6.45, 7) is 5.59. The number of carbonyl (C=O) groups excluding carboxylic acids is 1. The average molecular weight is 326 g/mol. The largest absolute Gasteiger partial charge is 0.476 e. The molecule has 1 aromatic carbocycles. The Kier molecular flexibility index (Phi) is 4.84. The summed E-state index contributed by atoms with van der Waals surface area (Å²) in [4.78, 5) is 15.7. The molecule has 6 nitrogen and oxygen atoms in total. The van der Waals surface area contributed by atoms with E-state index >= 15 is 0 Å². The number of rotatable bonds is 7. The van der Waals surface area contributed by atoms with Crippen molar-refractivity contribution in [3.8, 4) is 5.88 Å². The number of para-hydroxylation sites is 1. The molecule has 0 radical (unpaired) electrons. The van der Waals surface area contributed by atoms with E-state index in [0.717, 1.165) is 11.9 Å². The Hall–Kier alpha value is -2.76. The Morgan fingerprint density at radius 2 is 2.17 bits per heavy atom. The highest BCUT2D eigenvalue weighted by Gasteiger charge is 2.17. The van der Waals surface area contributed by atoms with Gasteiger partial charge in [-0.15, -0.1) is 5.10 Å². The fraction of sp³-hybridized carbons (Fsp3) is 0.333. The molecule has 0 saturated heterocycles. The smallest absolute Gasteiger partial charge is 0.258 e. The molecule has 0 spiro atoms. The zero-order valence-corrected chi connectivity index (χ0v) is 14.0. The van der Waals surface area contributed by atoms with Crippen LogP contribution >= 0.6 is 0 Å². The molecule has 1 amide bonds. The van der Waals surface area contributed by atoms with Crippen LogP contribution in [0.4, 0.5) is 0 Å². The second-order valence-electron chi connectivity index (χ2n) is 5.50. The van der Waals surface area contributed by atoms with E-state index in [1.165, 1.54) is 10.9 Å². The van der Waals surface area contributed by atoms with E-state index in [1.807, 2.05) is 38.2 Å². The van der Waals surface area contributed by atoms with Gasteiger partial charge >= 0.3 is 0 Å². The average Bonchev–Trinajstić information content (AvgIpc) is 3.19. The molecule has 24 heavy (non-hydrogen) atoms. The minimum Gasteiger partial charge on any atom is -0.476 e. The number of benzene rings is 1. The molecule has 126 valence electrons. The molecular weight excluding hydrogens is 304 g/mol. The molecule has 6 heteroatoms. The molecule has 0 aliphatic carbocycles. The second kappa shape index (κ2) is 7.21. The zero-order valence-electron chi connectivity index (χ0n) is 14.0. The van der Waals surface area contributed by atoms with Gasteiger partial charge in [-0.2, -0.15) is 0 Å². The Bertz CT molecular complexity index is 835. The minimum absolute atomic E-state index is 0.155. The summed E-state index contributed by atoms with van der Waals surface area (Å²) in [6, 6.07) is 8.16. The molecule has 2 N–H and O–H groups in total. The SMILES string of the molecule is CCOc1nn(CC)cc1C(=O)NCCc1c[nH]c2ccccc12. The number of nitrogens with one attached hydrogen (secondary N) is 2. The molecular formula is C18H22N4O2. The molecule has 3 rings (SSSR count). The van der Waals surface area contributed by atoms with Crippen molar-refractivity contribution in [1.29, 1.82) is 0 Å². The lowest BCUT2D eigenvalue weighted by Crippen LogP contribution is -2.25. The molecule has 0 bridgehead atoms. The lowest BCUT2D eigenvalue weighted by molar-refractivity contribution is 0.0950. The number of aryl methyl sites for hydroxylation is 1. The second-order valence-corrected chi connectivity index (χ2v) is 5.50. The van der Waals surface area contributed by atoms with Gasteiger partial charge in [-0.1, -0.05) is 18.2 Å². The normalized spacial score (nSPS) is 10.9. The lowest BCUT2D eigenvalue weighted by Gasteiger charge is -2.05. The van der Waals surface area contributed by atoms with Gasteiger partial charge in [0.1, 0.15) is 5.56 Å². The predicted molar refractivity (Wildman–Crippen MR) is 93.4 cm³/mol. The van der Waals surface area contributed by atoms with Gasteiger partial charge in [-0.05, 0) is 31.9 Å². The topological polar surface area (TPSA) is 71.9 Å². The van der Waals surface area contributed by atoms with E-state index in [0.29, 0.717) is 31.1 Å². The fourth-order valence-corrected chi connectivity index (χ4v) is 2.71. The van der Waals surface area contributed by atoms with Gasteiger partial charge < -0.3 is 15.0 Å². The number of H-pyrrole nitrogens is 1. The van der Waals surface area contributed by atoms with E-state index in [2.05, 4.69) is 21.5 Å². The third kappa shape index (κ3) is 3.27. The van der Waals surface area contributed by atoms with Gasteiger partial charge in [-0.25, -0.2) is 0 Å². The summed E-state index contributed by atoms with van der Waals surface area (Å²) in [5, 5.41) is 8.41. The van der Waals surface area contributed by atoms with Crippen molar-refractivity contribution in [3.63, 3.8) is 0 Å². The Balaban J connectivity index is 1.64. The number of amides is 1. The first-order chi connectivity index (χ1) is 11.7. The molecule has 0 aliphatic rings. The molecule has 0 saturated carbocycles. The first-order valence-corrected chi connectivity index (χ1v) is 8.26. The quantitative estimate of drug-likeness (QED) is 0.701. The van der Waals surface area contributed by atoms with Gasteiger partial charge in [0.25, 0.3) is 5.91 Å². The number of aromatic nitrogens is 3. The van der Waals surface area contributed by atoms with E-state index in [4.69, 9.17) is 4.74 Å². The number of fused-ring (bicyclic) bond motifs is 1. The summed E-state index contributed by atoms with van der Waals surface area (Å²) < 4.78 is 7.16. The monoisotopic (exact) mass is 326 g/mol. The molecule has 2 aromatic heterocycles. The minimum atomic E-state index is -0.155. The number of hydrogen-bond donors (Lipinski definition) is 2. The van der Waals surface area contributed by atoms with Crippen molar-refractivity contribution in [3.05, 3.63) is 47.8 Å². The molecule has 0 atom stereocenters. The maximum atomic E-state index is 12.4. The van der Waals surface area contributed by atoms with Crippen LogP contribution in [0.3, 0.4) is 0 Å². The van der Waals surface area contributed by atoms with Crippen LogP contribution in [0.25, 0.3) is 10.9 Å². The summed E-state index contributed by atoms with van der Waals surface area (Å²) in [5.74, 6) is 0.238. The molecule has 0 unspecified atom stereocenters. The Morgan fingerprint density at radius 1 is 1.33 bits per heavy atom. The highest BCUT2D eigenvalue weighted by molar-refractivity contribution is 5.96. The standard InChI is InChI=1S/C18H22N4O2/c1-3-22-12-15(18(21-22)24-4-2)17(23)19-10-9-13-11-20-16-8-6-5-7-14(13)16/h5-8,11-12,20H,3-4,9-10H2,1-2H3,(H,19,23). The summed E-state index contributed by atoms with van der Waals surface area (Å²) >= 11 is 0. The molecule has 2 heterocycles. The lowest BCUT2D eigenvalue weighted by atomic mass is 10.1. The van der Waals surface area contributed by atoms with Crippen molar-refractivity contribution in [2.75, 3.05) is 13.2 Å². The van der Waals surface area contributed by atoms with Crippen LogP contribution in [-0.2, 0) is 13.0 Å². The van der Waals surface area contributed by atoms with Crippen LogP contribution in [0.15, 0.2) is 36.7 Å². The first kappa shape index (κ1) is 16.1. The number of aromatic amines is 1. The van der Waals surface area contributed by atoms with Gasteiger partial charge in [0.05, 0.1) is 6.61 Å². The van der Waals surface area contributed by atoms with Crippen LogP contribution < -0.4 is 10.1 Å².